The first-order chi connectivity index (χ1) is 4.09. The van der Waals surface area contributed by atoms with Crippen molar-refractivity contribution in [1.82, 2.24) is 5.32 Å². The van der Waals surface area contributed by atoms with E-state index in [2.05, 4.69) is 5.32 Å². The van der Waals surface area contributed by atoms with E-state index < -0.39 is 6.10 Å². The van der Waals surface area contributed by atoms with Crippen LogP contribution in [0.5, 0.6) is 0 Å². The first kappa shape index (κ1) is 8.43. The number of carbonyl (C=O) groups is 1. The van der Waals surface area contributed by atoms with E-state index in [0.29, 0.717) is 0 Å². The molecule has 0 radical (unpaired) electrons. The minimum absolute atomic E-state index is 0.120. The zero-order chi connectivity index (χ0) is 7.44. The van der Waals surface area contributed by atoms with E-state index in [1.807, 2.05) is 0 Å². The van der Waals surface area contributed by atoms with Crippen molar-refractivity contribution >= 4 is 5.91 Å². The van der Waals surface area contributed by atoms with E-state index in [1.54, 1.807) is 20.9 Å². The van der Waals surface area contributed by atoms with Gasteiger partial charge in [-0.2, -0.15) is 0 Å². The first-order valence-corrected chi connectivity index (χ1v) is 2.99. The quantitative estimate of drug-likeness (QED) is 0.543. The maximum Gasteiger partial charge on any atom is 0.225 e. The molecule has 0 aromatic carbocycles. The normalized spacial score (nSPS) is 16.4. The van der Waals surface area contributed by atoms with Gasteiger partial charge in [0.25, 0.3) is 0 Å². The maximum atomic E-state index is 10.7. The van der Waals surface area contributed by atoms with Gasteiger partial charge in [-0.3, -0.25) is 4.79 Å². The molecule has 0 saturated carbocycles. The fourth-order valence-electron chi connectivity index (χ4n) is 0.447. The van der Waals surface area contributed by atoms with Crippen LogP contribution < -0.4 is 5.32 Å². The predicted octanol–water partition coefficient (Wildman–Crippen LogP) is -0.251. The van der Waals surface area contributed by atoms with Gasteiger partial charge in [-0.05, 0) is 6.92 Å². The van der Waals surface area contributed by atoms with Gasteiger partial charge in [-0.15, -0.1) is 0 Å². The van der Waals surface area contributed by atoms with Crippen LogP contribution in [0.4, 0.5) is 0 Å². The fraction of sp³-hybridized carbons (Fsp3) is 0.833. The van der Waals surface area contributed by atoms with Gasteiger partial charge in [-0.25, -0.2) is 0 Å². The number of carbonyl (C=O) groups excluding carboxylic acids is 1. The molecular weight excluding hydrogens is 118 g/mol. The standard InChI is InChI=1S/C6H13NO2/c1-4(5(2)8)6(9)7-3/h4-5,8H,1-3H3,(H,7,9)/t4-,5-/m0/s1. The van der Waals surface area contributed by atoms with Crippen LogP contribution in [0.15, 0.2) is 0 Å². The van der Waals surface area contributed by atoms with E-state index in [4.69, 9.17) is 5.11 Å². The summed E-state index contributed by atoms with van der Waals surface area (Å²) in [5.74, 6) is -0.431. The highest BCUT2D eigenvalue weighted by molar-refractivity contribution is 5.78. The lowest BCUT2D eigenvalue weighted by atomic mass is 10.1. The molecular formula is C6H13NO2. The molecule has 2 N–H and O–H groups in total. The second-order valence-corrected chi connectivity index (χ2v) is 2.14. The highest BCUT2D eigenvalue weighted by atomic mass is 16.3. The van der Waals surface area contributed by atoms with Crippen molar-refractivity contribution in [2.45, 2.75) is 20.0 Å². The molecule has 0 aromatic rings. The third-order valence-corrected chi connectivity index (χ3v) is 1.38. The smallest absolute Gasteiger partial charge is 0.225 e. The number of nitrogens with one attached hydrogen (secondary N) is 1. The number of amides is 1. The Morgan fingerprint density at radius 3 is 2.11 bits per heavy atom. The van der Waals surface area contributed by atoms with Crippen LogP contribution in [0, 0.1) is 5.92 Å². The number of hydrogen-bond donors (Lipinski definition) is 2. The average Bonchev–Trinajstić information content (AvgIpc) is 1.84. The van der Waals surface area contributed by atoms with Crippen molar-refractivity contribution in [2.24, 2.45) is 5.92 Å². The SMILES string of the molecule is CNC(=O)[C@@H](C)[C@H](C)O. The molecule has 0 saturated heterocycles. The van der Waals surface area contributed by atoms with Crippen LogP contribution >= 0.6 is 0 Å². The van der Waals surface area contributed by atoms with Crippen LogP contribution in [-0.4, -0.2) is 24.2 Å². The van der Waals surface area contributed by atoms with Gasteiger partial charge < -0.3 is 10.4 Å². The van der Waals surface area contributed by atoms with E-state index in [1.165, 1.54) is 0 Å². The third kappa shape index (κ3) is 2.46. The molecule has 0 unspecified atom stereocenters. The first-order valence-electron chi connectivity index (χ1n) is 2.99. The van der Waals surface area contributed by atoms with Gasteiger partial charge in [0.1, 0.15) is 0 Å². The largest absolute Gasteiger partial charge is 0.393 e. The summed E-state index contributed by atoms with van der Waals surface area (Å²) in [7, 11) is 1.56. The van der Waals surface area contributed by atoms with Crippen LogP contribution in [0.25, 0.3) is 0 Å². The summed E-state index contributed by atoms with van der Waals surface area (Å²) >= 11 is 0. The molecule has 0 fully saturated rings. The Kier molecular flexibility index (Phi) is 3.24. The molecule has 3 nitrogen and oxygen atoms in total. The monoisotopic (exact) mass is 131 g/mol. The van der Waals surface area contributed by atoms with Gasteiger partial charge in [0.15, 0.2) is 0 Å². The topological polar surface area (TPSA) is 49.3 Å². The van der Waals surface area contributed by atoms with Gasteiger partial charge in [0, 0.05) is 7.05 Å². The number of rotatable bonds is 2. The van der Waals surface area contributed by atoms with E-state index in [-0.39, 0.29) is 11.8 Å². The lowest BCUT2D eigenvalue weighted by Gasteiger charge is -2.11. The minimum atomic E-state index is -0.565. The Labute approximate surface area is 55.1 Å². The minimum Gasteiger partial charge on any atom is -0.393 e. The average molecular weight is 131 g/mol. The van der Waals surface area contributed by atoms with Crippen molar-refractivity contribution < 1.29 is 9.90 Å². The summed E-state index contributed by atoms with van der Waals surface area (Å²) in [6.07, 6.45) is -0.565. The lowest BCUT2D eigenvalue weighted by molar-refractivity contribution is -0.126. The summed E-state index contributed by atoms with van der Waals surface area (Å²) in [4.78, 5) is 10.7. The van der Waals surface area contributed by atoms with Gasteiger partial charge in [-0.1, -0.05) is 6.92 Å². The van der Waals surface area contributed by atoms with Gasteiger partial charge in [0.2, 0.25) is 5.91 Å². The second-order valence-electron chi connectivity index (χ2n) is 2.14. The summed E-state index contributed by atoms with van der Waals surface area (Å²) < 4.78 is 0. The highest BCUT2D eigenvalue weighted by Gasteiger charge is 2.15. The Morgan fingerprint density at radius 1 is 1.56 bits per heavy atom. The summed E-state index contributed by atoms with van der Waals surface area (Å²) in [6.45, 7) is 3.28. The second kappa shape index (κ2) is 3.45. The molecule has 0 rings (SSSR count). The summed E-state index contributed by atoms with van der Waals surface area (Å²) in [6, 6.07) is 0. The molecule has 0 aromatic heterocycles. The Bertz CT molecular complexity index is 101. The van der Waals surface area contributed by atoms with Gasteiger partial charge in [0.05, 0.1) is 12.0 Å². The molecule has 0 heterocycles. The summed E-state index contributed by atoms with van der Waals surface area (Å²) in [5.41, 5.74) is 0. The zero-order valence-electron chi connectivity index (χ0n) is 6.01. The Morgan fingerprint density at radius 2 is 2.00 bits per heavy atom. The van der Waals surface area contributed by atoms with Crippen molar-refractivity contribution in [2.75, 3.05) is 7.05 Å². The predicted molar refractivity (Wildman–Crippen MR) is 34.9 cm³/mol. The zero-order valence-corrected chi connectivity index (χ0v) is 6.01. The van der Waals surface area contributed by atoms with Crippen molar-refractivity contribution in [3.05, 3.63) is 0 Å². The van der Waals surface area contributed by atoms with E-state index in [0.717, 1.165) is 0 Å². The third-order valence-electron chi connectivity index (χ3n) is 1.38. The number of hydrogen-bond acceptors (Lipinski definition) is 2. The van der Waals surface area contributed by atoms with Crippen molar-refractivity contribution in [3.8, 4) is 0 Å². The van der Waals surface area contributed by atoms with Crippen molar-refractivity contribution in [3.63, 3.8) is 0 Å². The molecule has 2 atom stereocenters. The fourth-order valence-corrected chi connectivity index (χ4v) is 0.447. The maximum absolute atomic E-state index is 10.7. The molecule has 1 amide bonds. The van der Waals surface area contributed by atoms with Crippen LogP contribution in [-0.2, 0) is 4.79 Å². The number of aliphatic hydroxyl groups is 1. The molecule has 0 aliphatic carbocycles. The van der Waals surface area contributed by atoms with Crippen molar-refractivity contribution in [1.29, 1.82) is 0 Å². The Hall–Kier alpha value is -0.570. The molecule has 3 heteroatoms. The molecule has 0 bridgehead atoms. The van der Waals surface area contributed by atoms with Gasteiger partial charge >= 0.3 is 0 Å². The number of aliphatic hydroxyl groups excluding tert-OH is 1. The van der Waals surface area contributed by atoms with E-state index >= 15 is 0 Å². The van der Waals surface area contributed by atoms with E-state index in [9.17, 15) is 4.79 Å². The highest BCUT2D eigenvalue weighted by Crippen LogP contribution is 2.00. The van der Waals surface area contributed by atoms with Crippen LogP contribution in [0.2, 0.25) is 0 Å². The summed E-state index contributed by atoms with van der Waals surface area (Å²) in [5, 5.41) is 11.3. The molecule has 0 aliphatic rings. The molecule has 0 aliphatic heterocycles. The Balaban J connectivity index is 3.72. The van der Waals surface area contributed by atoms with Crippen LogP contribution in [0.1, 0.15) is 13.8 Å². The lowest BCUT2D eigenvalue weighted by Crippen LogP contribution is -2.31. The molecule has 0 spiro atoms. The molecule has 9 heavy (non-hydrogen) atoms. The molecule has 54 valence electrons. The van der Waals surface area contributed by atoms with Crippen LogP contribution in [0.3, 0.4) is 0 Å².